The fourth-order valence-corrected chi connectivity index (χ4v) is 2.06. The Morgan fingerprint density at radius 1 is 0.810 bits per heavy atom. The van der Waals surface area contributed by atoms with Gasteiger partial charge in [-0.2, -0.15) is 5.10 Å². The molecule has 3 rings (SSSR count). The van der Waals surface area contributed by atoms with Gasteiger partial charge in [-0.3, -0.25) is 0 Å². The molecule has 0 aliphatic carbocycles. The summed E-state index contributed by atoms with van der Waals surface area (Å²) in [6.07, 6.45) is 1.73. The van der Waals surface area contributed by atoms with Crippen LogP contribution in [0.1, 0.15) is 11.5 Å². The number of para-hydroxylation sites is 2. The van der Waals surface area contributed by atoms with E-state index in [1.165, 1.54) is 0 Å². The van der Waals surface area contributed by atoms with Crippen molar-refractivity contribution >= 4 is 17.6 Å². The van der Waals surface area contributed by atoms with Crippen LogP contribution in [0, 0.1) is 6.92 Å². The van der Waals surface area contributed by atoms with Crippen molar-refractivity contribution in [2.24, 2.45) is 5.10 Å². The second-order valence-electron chi connectivity index (χ2n) is 4.68. The molecule has 0 saturated heterocycles. The molecule has 0 saturated carbocycles. The molecule has 21 heavy (non-hydrogen) atoms. The number of rotatable bonds is 4. The number of nitrogens with zero attached hydrogens (tertiary/aromatic N) is 2. The summed E-state index contributed by atoms with van der Waals surface area (Å²) in [5, 5.41) is 6.45. The van der Waals surface area contributed by atoms with Crippen molar-refractivity contribution in [3.8, 4) is 0 Å². The lowest BCUT2D eigenvalue weighted by Crippen LogP contribution is -2.08. The molecule has 0 amide bonds. The molecule has 0 fully saturated rings. The maximum Gasteiger partial charge on any atom is 0.147 e. The summed E-state index contributed by atoms with van der Waals surface area (Å²) in [6, 6.07) is 23.9. The van der Waals surface area contributed by atoms with Crippen LogP contribution >= 0.6 is 0 Å². The molecule has 104 valence electrons. The number of hydrogen-bond donors (Lipinski definition) is 0. The van der Waals surface area contributed by atoms with Gasteiger partial charge in [0.25, 0.3) is 0 Å². The Labute approximate surface area is 124 Å². The third-order valence-electron chi connectivity index (χ3n) is 3.06. The summed E-state index contributed by atoms with van der Waals surface area (Å²) >= 11 is 0. The highest BCUT2D eigenvalue weighted by molar-refractivity contribution is 5.78. The molecule has 0 aliphatic rings. The van der Waals surface area contributed by atoms with Crippen molar-refractivity contribution < 1.29 is 4.42 Å². The van der Waals surface area contributed by atoms with Crippen molar-refractivity contribution in [3.05, 3.63) is 84.3 Å². The highest BCUT2D eigenvalue weighted by atomic mass is 16.3. The first-order chi connectivity index (χ1) is 10.3. The van der Waals surface area contributed by atoms with E-state index < -0.39 is 0 Å². The number of hydrazone groups is 1. The summed E-state index contributed by atoms with van der Waals surface area (Å²) in [4.78, 5) is 0. The van der Waals surface area contributed by atoms with E-state index >= 15 is 0 Å². The van der Waals surface area contributed by atoms with Gasteiger partial charge >= 0.3 is 0 Å². The van der Waals surface area contributed by atoms with E-state index in [9.17, 15) is 0 Å². The zero-order valence-electron chi connectivity index (χ0n) is 11.8. The van der Waals surface area contributed by atoms with Gasteiger partial charge in [-0.15, -0.1) is 0 Å². The molecule has 3 nitrogen and oxygen atoms in total. The molecular weight excluding hydrogens is 260 g/mol. The predicted molar refractivity (Wildman–Crippen MR) is 86.1 cm³/mol. The molecule has 1 aromatic heterocycles. The van der Waals surface area contributed by atoms with Crippen LogP contribution in [-0.4, -0.2) is 6.21 Å². The summed E-state index contributed by atoms with van der Waals surface area (Å²) in [6.45, 7) is 1.92. The predicted octanol–water partition coefficient (Wildman–Crippen LogP) is 4.76. The lowest BCUT2D eigenvalue weighted by molar-refractivity contribution is 0.528. The Bertz CT molecular complexity index is 678. The summed E-state index contributed by atoms with van der Waals surface area (Å²) in [5.74, 6) is 1.62. The monoisotopic (exact) mass is 276 g/mol. The molecule has 0 bridgehead atoms. The Kier molecular flexibility index (Phi) is 3.83. The second-order valence-corrected chi connectivity index (χ2v) is 4.68. The summed E-state index contributed by atoms with van der Waals surface area (Å²) in [5.41, 5.74) is 2.01. The van der Waals surface area contributed by atoms with Gasteiger partial charge < -0.3 is 4.42 Å². The molecule has 1 heterocycles. The van der Waals surface area contributed by atoms with E-state index in [2.05, 4.69) is 5.10 Å². The third-order valence-corrected chi connectivity index (χ3v) is 3.06. The van der Waals surface area contributed by atoms with E-state index in [4.69, 9.17) is 4.42 Å². The molecule has 0 spiro atoms. The lowest BCUT2D eigenvalue weighted by atomic mass is 10.2. The van der Waals surface area contributed by atoms with Crippen LogP contribution in [0.3, 0.4) is 0 Å². The van der Waals surface area contributed by atoms with Crippen molar-refractivity contribution in [1.29, 1.82) is 0 Å². The molecule has 0 N–H and O–H groups in total. The van der Waals surface area contributed by atoms with Crippen molar-refractivity contribution in [2.45, 2.75) is 6.92 Å². The van der Waals surface area contributed by atoms with Crippen LogP contribution in [0.2, 0.25) is 0 Å². The quantitative estimate of drug-likeness (QED) is 0.507. The maximum absolute atomic E-state index is 5.53. The zero-order chi connectivity index (χ0) is 14.5. The minimum atomic E-state index is 0.740. The smallest absolute Gasteiger partial charge is 0.147 e. The number of benzene rings is 2. The maximum atomic E-state index is 5.53. The topological polar surface area (TPSA) is 28.7 Å². The van der Waals surface area contributed by atoms with Gasteiger partial charge in [-0.05, 0) is 43.3 Å². The van der Waals surface area contributed by atoms with E-state index in [0.717, 1.165) is 22.9 Å². The lowest BCUT2D eigenvalue weighted by Gasteiger charge is -2.18. The van der Waals surface area contributed by atoms with Crippen molar-refractivity contribution in [2.75, 3.05) is 5.01 Å². The first kappa shape index (κ1) is 13.2. The second kappa shape index (κ2) is 6.09. The SMILES string of the molecule is Cc1ccc(/C=N/N(c2ccccc2)c2ccccc2)o1. The van der Waals surface area contributed by atoms with Gasteiger partial charge in [0.05, 0.1) is 17.6 Å². The first-order valence-corrected chi connectivity index (χ1v) is 6.83. The zero-order valence-corrected chi connectivity index (χ0v) is 11.8. The van der Waals surface area contributed by atoms with E-state index in [1.54, 1.807) is 6.21 Å². The van der Waals surface area contributed by atoms with Crippen LogP contribution in [0.5, 0.6) is 0 Å². The van der Waals surface area contributed by atoms with E-state index in [-0.39, 0.29) is 0 Å². The van der Waals surface area contributed by atoms with E-state index in [1.807, 2.05) is 84.7 Å². The molecule has 0 radical (unpaired) electrons. The van der Waals surface area contributed by atoms with Crippen LogP contribution in [-0.2, 0) is 0 Å². The van der Waals surface area contributed by atoms with Gasteiger partial charge in [0.2, 0.25) is 0 Å². The minimum Gasteiger partial charge on any atom is -0.460 e. The third kappa shape index (κ3) is 3.20. The first-order valence-electron chi connectivity index (χ1n) is 6.83. The summed E-state index contributed by atoms with van der Waals surface area (Å²) in [7, 11) is 0. The Hall–Kier alpha value is -2.81. The van der Waals surface area contributed by atoms with Gasteiger partial charge in [0.1, 0.15) is 11.5 Å². The largest absolute Gasteiger partial charge is 0.460 e. The normalized spacial score (nSPS) is 10.9. The molecular formula is C18H16N2O. The highest BCUT2D eigenvalue weighted by Crippen LogP contribution is 2.25. The van der Waals surface area contributed by atoms with Gasteiger partial charge in [0.15, 0.2) is 0 Å². The fraction of sp³-hybridized carbons (Fsp3) is 0.0556. The van der Waals surface area contributed by atoms with Gasteiger partial charge in [-0.25, -0.2) is 5.01 Å². The number of aryl methyl sites for hydroxylation is 1. The number of furan rings is 1. The fourth-order valence-electron chi connectivity index (χ4n) is 2.06. The average Bonchev–Trinajstić information content (AvgIpc) is 2.95. The Morgan fingerprint density at radius 2 is 1.38 bits per heavy atom. The summed E-state index contributed by atoms with van der Waals surface area (Å²) < 4.78 is 5.53. The molecule has 0 unspecified atom stereocenters. The Morgan fingerprint density at radius 3 is 1.86 bits per heavy atom. The molecule has 0 aliphatic heterocycles. The van der Waals surface area contributed by atoms with Crippen LogP contribution < -0.4 is 5.01 Å². The van der Waals surface area contributed by atoms with Crippen LogP contribution in [0.15, 0.2) is 82.3 Å². The van der Waals surface area contributed by atoms with Crippen molar-refractivity contribution in [3.63, 3.8) is 0 Å². The Balaban J connectivity index is 1.95. The van der Waals surface area contributed by atoms with Gasteiger partial charge in [0, 0.05) is 0 Å². The average molecular weight is 276 g/mol. The van der Waals surface area contributed by atoms with Crippen LogP contribution in [0.4, 0.5) is 11.4 Å². The van der Waals surface area contributed by atoms with Crippen LogP contribution in [0.25, 0.3) is 0 Å². The van der Waals surface area contributed by atoms with Crippen molar-refractivity contribution in [1.82, 2.24) is 0 Å². The highest BCUT2D eigenvalue weighted by Gasteiger charge is 2.06. The van der Waals surface area contributed by atoms with Gasteiger partial charge in [-0.1, -0.05) is 36.4 Å². The number of hydrogen-bond acceptors (Lipinski definition) is 3. The van der Waals surface area contributed by atoms with E-state index in [0.29, 0.717) is 0 Å². The standard InChI is InChI=1S/C18H16N2O/c1-15-12-13-18(21-15)14-19-20(16-8-4-2-5-9-16)17-10-6-3-7-11-17/h2-14H,1H3/b19-14+. The number of anilines is 2. The molecule has 3 aromatic rings. The molecule has 2 aromatic carbocycles. The minimum absolute atomic E-state index is 0.740. The molecule has 0 atom stereocenters. The molecule has 3 heteroatoms.